The fourth-order valence-corrected chi connectivity index (χ4v) is 6.73. The minimum Gasteiger partial charge on any atom is -0.393 e. The van der Waals surface area contributed by atoms with Crippen molar-refractivity contribution in [1.29, 1.82) is 0 Å². The Bertz CT molecular complexity index is 1120. The molecule has 2 aliphatic heterocycles. The smallest absolute Gasteiger partial charge is 0.280 e. The number of aliphatic hydroxyl groups is 1. The Kier molecular flexibility index (Phi) is 6.34. The van der Waals surface area contributed by atoms with Gasteiger partial charge in [-0.1, -0.05) is 0 Å². The number of aliphatic hydroxyl groups excluding tert-OH is 1. The molecule has 2 amide bonds. The maximum Gasteiger partial charge on any atom is 0.280 e. The minimum atomic E-state index is -0.371. The van der Waals surface area contributed by atoms with Crippen LogP contribution in [0.4, 0.5) is 5.82 Å². The molecule has 2 aromatic rings. The molecular formula is C26H35N5O3S. The second kappa shape index (κ2) is 9.17. The molecule has 9 heteroatoms. The summed E-state index contributed by atoms with van der Waals surface area (Å²) in [5.74, 6) is 0.412. The number of aromatic nitrogens is 2. The number of fused-ring (bicyclic) bond motifs is 2. The summed E-state index contributed by atoms with van der Waals surface area (Å²) in [5.41, 5.74) is 2.03. The molecule has 4 heterocycles. The first-order valence-electron chi connectivity index (χ1n) is 12.7. The Hall–Kier alpha value is -2.52. The maximum atomic E-state index is 13.8. The molecule has 2 aromatic heterocycles. The van der Waals surface area contributed by atoms with E-state index in [1.54, 1.807) is 6.20 Å². The van der Waals surface area contributed by atoms with Gasteiger partial charge in [0.2, 0.25) is 0 Å². The number of aryl methyl sites for hydroxylation is 1. The van der Waals surface area contributed by atoms with Gasteiger partial charge in [-0.05, 0) is 84.3 Å². The van der Waals surface area contributed by atoms with Crippen LogP contribution in [0.3, 0.4) is 0 Å². The molecule has 5 rings (SSSR count). The Morgan fingerprint density at radius 3 is 2.37 bits per heavy atom. The van der Waals surface area contributed by atoms with Gasteiger partial charge in [-0.15, -0.1) is 11.3 Å². The Morgan fingerprint density at radius 2 is 1.80 bits per heavy atom. The van der Waals surface area contributed by atoms with Crippen LogP contribution in [-0.4, -0.2) is 61.6 Å². The largest absolute Gasteiger partial charge is 0.393 e. The van der Waals surface area contributed by atoms with Crippen molar-refractivity contribution in [2.45, 2.75) is 102 Å². The number of nitrogens with one attached hydrogen (secondary N) is 2. The van der Waals surface area contributed by atoms with Crippen molar-refractivity contribution in [3.05, 3.63) is 28.5 Å². The highest BCUT2D eigenvalue weighted by Gasteiger charge is 2.44. The van der Waals surface area contributed by atoms with Crippen molar-refractivity contribution in [1.82, 2.24) is 20.2 Å². The van der Waals surface area contributed by atoms with Crippen molar-refractivity contribution >= 4 is 29.0 Å². The van der Waals surface area contributed by atoms with Gasteiger partial charge in [0, 0.05) is 35.4 Å². The Labute approximate surface area is 210 Å². The molecule has 8 nitrogen and oxygen atoms in total. The Balaban J connectivity index is 1.49. The van der Waals surface area contributed by atoms with E-state index < -0.39 is 0 Å². The molecule has 3 fully saturated rings. The van der Waals surface area contributed by atoms with Gasteiger partial charge < -0.3 is 20.6 Å². The van der Waals surface area contributed by atoms with E-state index in [-0.39, 0.29) is 46.6 Å². The minimum absolute atomic E-state index is 0.0652. The van der Waals surface area contributed by atoms with Gasteiger partial charge in [-0.2, -0.15) is 0 Å². The van der Waals surface area contributed by atoms with Gasteiger partial charge in [-0.25, -0.2) is 9.97 Å². The molecule has 2 bridgehead atoms. The normalized spacial score (nSPS) is 25.8. The van der Waals surface area contributed by atoms with Crippen LogP contribution in [0.15, 0.2) is 12.3 Å². The Morgan fingerprint density at radius 1 is 1.11 bits per heavy atom. The van der Waals surface area contributed by atoms with E-state index in [0.29, 0.717) is 23.4 Å². The predicted octanol–water partition coefficient (Wildman–Crippen LogP) is 4.13. The third-order valence-corrected chi connectivity index (χ3v) is 8.40. The van der Waals surface area contributed by atoms with E-state index in [0.717, 1.165) is 49.0 Å². The summed E-state index contributed by atoms with van der Waals surface area (Å²) < 4.78 is 0. The SMILES string of the molecule is Cc1cc(NC(C)(C)C)ncc1-c1sc(C(=O)NC2CC[C@H](O)C2)nc1C(=O)N1C2CCC1CC2. The number of hydrogen-bond acceptors (Lipinski definition) is 7. The number of hydrogen-bond donors (Lipinski definition) is 3. The van der Waals surface area contributed by atoms with Gasteiger partial charge >= 0.3 is 0 Å². The lowest BCUT2D eigenvalue weighted by Crippen LogP contribution is -2.36. The highest BCUT2D eigenvalue weighted by Crippen LogP contribution is 2.41. The topological polar surface area (TPSA) is 107 Å². The average Bonchev–Trinajstić information content (AvgIpc) is 3.56. The van der Waals surface area contributed by atoms with E-state index in [9.17, 15) is 14.7 Å². The van der Waals surface area contributed by atoms with Crippen LogP contribution >= 0.6 is 11.3 Å². The summed E-state index contributed by atoms with van der Waals surface area (Å²) in [6.45, 7) is 8.24. The molecule has 3 N–H and O–H groups in total. The number of nitrogens with zero attached hydrogens (tertiary/aromatic N) is 3. The molecule has 1 saturated carbocycles. The van der Waals surface area contributed by atoms with Gasteiger partial charge in [0.1, 0.15) is 11.5 Å². The van der Waals surface area contributed by atoms with Crippen LogP contribution in [0.25, 0.3) is 10.4 Å². The highest BCUT2D eigenvalue weighted by molar-refractivity contribution is 7.17. The molecule has 3 aliphatic rings. The van der Waals surface area contributed by atoms with E-state index in [1.165, 1.54) is 11.3 Å². The number of thiazole rings is 1. The monoisotopic (exact) mass is 497 g/mol. The lowest BCUT2D eigenvalue weighted by Gasteiger charge is -2.22. The number of rotatable bonds is 5. The van der Waals surface area contributed by atoms with Gasteiger partial charge in [-0.3, -0.25) is 9.59 Å². The third kappa shape index (κ3) is 4.93. The van der Waals surface area contributed by atoms with E-state index in [4.69, 9.17) is 0 Å². The van der Waals surface area contributed by atoms with E-state index in [2.05, 4.69) is 41.4 Å². The summed E-state index contributed by atoms with van der Waals surface area (Å²) in [7, 11) is 0. The standard InChI is InChI=1S/C26H35N5O3S/c1-14-11-20(30-26(2,3)4)27-13-19(14)22-21(25(34)31-16-6-7-17(31)9-8-16)29-24(35-22)23(33)28-15-5-10-18(32)12-15/h11,13,15-18,32H,5-10,12H2,1-4H3,(H,27,30)(H,28,33)/t15?,16?,17?,18-/m0/s1. The number of amides is 2. The van der Waals surface area contributed by atoms with Crippen LogP contribution in [-0.2, 0) is 0 Å². The molecule has 35 heavy (non-hydrogen) atoms. The van der Waals surface area contributed by atoms with Crippen LogP contribution in [0, 0.1) is 6.92 Å². The molecular weight excluding hydrogens is 462 g/mol. The first-order valence-corrected chi connectivity index (χ1v) is 13.5. The lowest BCUT2D eigenvalue weighted by atomic mass is 10.0. The molecule has 188 valence electrons. The van der Waals surface area contributed by atoms with Crippen LogP contribution in [0.5, 0.6) is 0 Å². The predicted molar refractivity (Wildman–Crippen MR) is 137 cm³/mol. The van der Waals surface area contributed by atoms with Crippen molar-refractivity contribution in [2.75, 3.05) is 5.32 Å². The number of carbonyl (C=O) groups is 2. The maximum absolute atomic E-state index is 13.8. The zero-order valence-corrected chi connectivity index (χ0v) is 21.7. The van der Waals surface area contributed by atoms with Gasteiger partial charge in [0.25, 0.3) is 11.8 Å². The van der Waals surface area contributed by atoms with E-state index in [1.807, 2.05) is 17.9 Å². The number of pyridine rings is 1. The van der Waals surface area contributed by atoms with Gasteiger partial charge in [0.15, 0.2) is 5.01 Å². The zero-order chi connectivity index (χ0) is 24.9. The second-order valence-corrected chi connectivity index (χ2v) is 12.3. The summed E-state index contributed by atoms with van der Waals surface area (Å²) in [4.78, 5) is 38.8. The van der Waals surface area contributed by atoms with Crippen LogP contribution < -0.4 is 10.6 Å². The van der Waals surface area contributed by atoms with Gasteiger partial charge in [0.05, 0.1) is 11.0 Å². The van der Waals surface area contributed by atoms with Crippen molar-refractivity contribution in [2.24, 2.45) is 0 Å². The molecule has 0 radical (unpaired) electrons. The molecule has 1 unspecified atom stereocenters. The first-order chi connectivity index (χ1) is 16.6. The summed E-state index contributed by atoms with van der Waals surface area (Å²) >= 11 is 1.25. The molecule has 2 saturated heterocycles. The second-order valence-electron chi connectivity index (χ2n) is 11.3. The van der Waals surface area contributed by atoms with Crippen molar-refractivity contribution in [3.63, 3.8) is 0 Å². The summed E-state index contributed by atoms with van der Waals surface area (Å²) in [5, 5.41) is 16.5. The molecule has 2 atom stereocenters. The lowest BCUT2D eigenvalue weighted by molar-refractivity contribution is 0.0725. The third-order valence-electron chi connectivity index (χ3n) is 7.31. The van der Waals surface area contributed by atoms with Crippen LogP contribution in [0.2, 0.25) is 0 Å². The number of anilines is 1. The van der Waals surface area contributed by atoms with Crippen molar-refractivity contribution < 1.29 is 14.7 Å². The molecule has 0 aromatic carbocycles. The highest BCUT2D eigenvalue weighted by atomic mass is 32.1. The zero-order valence-electron chi connectivity index (χ0n) is 20.9. The molecule has 0 spiro atoms. The molecule has 1 aliphatic carbocycles. The van der Waals surface area contributed by atoms with Crippen LogP contribution in [0.1, 0.15) is 91.6 Å². The first kappa shape index (κ1) is 24.2. The van der Waals surface area contributed by atoms with Crippen molar-refractivity contribution in [3.8, 4) is 10.4 Å². The number of carbonyl (C=O) groups excluding carboxylic acids is 2. The fraction of sp³-hybridized carbons (Fsp3) is 0.615. The average molecular weight is 498 g/mol. The van der Waals surface area contributed by atoms with E-state index >= 15 is 0 Å². The summed E-state index contributed by atoms with van der Waals surface area (Å²) in [6, 6.07) is 2.46. The summed E-state index contributed by atoms with van der Waals surface area (Å²) in [6.07, 6.45) is 7.57. The quantitative estimate of drug-likeness (QED) is 0.573. The fourth-order valence-electron chi connectivity index (χ4n) is 5.69.